The number of benzene rings is 1. The van der Waals surface area contributed by atoms with Gasteiger partial charge < -0.3 is 19.4 Å². The van der Waals surface area contributed by atoms with Gasteiger partial charge in [-0.15, -0.1) is 0 Å². The summed E-state index contributed by atoms with van der Waals surface area (Å²) in [7, 11) is 2.77. The minimum absolute atomic E-state index is 0.261. The number of aryl methyl sites for hydroxylation is 1. The number of nitrogens with zero attached hydrogens (tertiary/aromatic N) is 2. The molecular weight excluding hydrogens is 310 g/mol. The summed E-state index contributed by atoms with van der Waals surface area (Å²) >= 11 is 0. The Morgan fingerprint density at radius 2 is 1.96 bits per heavy atom. The van der Waals surface area contributed by atoms with E-state index in [1.807, 2.05) is 4.57 Å². The number of amides is 1. The first kappa shape index (κ1) is 16.0. The van der Waals surface area contributed by atoms with Crippen LogP contribution in [0.25, 0.3) is 0 Å². The summed E-state index contributed by atoms with van der Waals surface area (Å²) in [5.41, 5.74) is 0.582. The molecule has 24 heavy (non-hydrogen) atoms. The van der Waals surface area contributed by atoms with E-state index in [0.29, 0.717) is 17.1 Å². The molecule has 7 nitrogen and oxygen atoms in total. The Bertz CT molecular complexity index is 782. The second kappa shape index (κ2) is 6.74. The van der Waals surface area contributed by atoms with Gasteiger partial charge in [0, 0.05) is 18.5 Å². The number of ether oxygens (including phenoxy) is 2. The molecule has 0 fully saturated rings. The smallest absolute Gasteiger partial charge is 0.338 e. The Morgan fingerprint density at radius 3 is 2.71 bits per heavy atom. The zero-order valence-corrected chi connectivity index (χ0v) is 13.7. The molecule has 0 atom stereocenters. The third-order valence-electron chi connectivity index (χ3n) is 4.04. The van der Waals surface area contributed by atoms with Crippen molar-refractivity contribution in [3.63, 3.8) is 0 Å². The van der Waals surface area contributed by atoms with Crippen molar-refractivity contribution < 1.29 is 19.1 Å². The summed E-state index contributed by atoms with van der Waals surface area (Å²) in [4.78, 5) is 28.7. The standard InChI is InChI=1S/C17H19N3O4/c1-23-13-8-11(7-12(9-13)17(22)24-2)16(21)19-15-10-18-14-5-3-4-6-20(14)15/h7-10H,3-6H2,1-2H3,(H,19,21). The number of esters is 1. The van der Waals surface area contributed by atoms with Gasteiger partial charge >= 0.3 is 5.97 Å². The average Bonchev–Trinajstić information content (AvgIpc) is 3.03. The van der Waals surface area contributed by atoms with Gasteiger partial charge in [0.15, 0.2) is 0 Å². The third-order valence-corrected chi connectivity index (χ3v) is 4.04. The van der Waals surface area contributed by atoms with Crippen LogP contribution in [0.3, 0.4) is 0 Å². The lowest BCUT2D eigenvalue weighted by molar-refractivity contribution is 0.0600. The minimum atomic E-state index is -0.523. The van der Waals surface area contributed by atoms with Crippen molar-refractivity contribution in [1.82, 2.24) is 9.55 Å². The maximum atomic E-state index is 12.6. The Labute approximate surface area is 139 Å². The summed E-state index contributed by atoms with van der Waals surface area (Å²) < 4.78 is 11.9. The molecule has 7 heteroatoms. The number of nitrogens with one attached hydrogen (secondary N) is 1. The highest BCUT2D eigenvalue weighted by molar-refractivity contribution is 6.05. The number of imidazole rings is 1. The number of methoxy groups -OCH3 is 2. The first-order valence-corrected chi connectivity index (χ1v) is 7.75. The fourth-order valence-electron chi connectivity index (χ4n) is 2.79. The van der Waals surface area contributed by atoms with Crippen LogP contribution in [0.15, 0.2) is 24.4 Å². The highest BCUT2D eigenvalue weighted by Crippen LogP contribution is 2.22. The fraction of sp³-hybridized carbons (Fsp3) is 0.353. The monoisotopic (exact) mass is 329 g/mol. The molecule has 0 bridgehead atoms. The minimum Gasteiger partial charge on any atom is -0.497 e. The molecule has 2 aromatic rings. The van der Waals surface area contributed by atoms with E-state index < -0.39 is 5.97 Å². The van der Waals surface area contributed by atoms with Crippen molar-refractivity contribution in [2.75, 3.05) is 19.5 Å². The van der Waals surface area contributed by atoms with Crippen molar-refractivity contribution in [3.8, 4) is 5.75 Å². The lowest BCUT2D eigenvalue weighted by Crippen LogP contribution is -2.18. The molecule has 1 aliphatic rings. The number of carbonyl (C=O) groups excluding carboxylic acids is 2. The molecule has 0 spiro atoms. The number of fused-ring (bicyclic) bond motifs is 1. The average molecular weight is 329 g/mol. The summed E-state index contributed by atoms with van der Waals surface area (Å²) in [5, 5.41) is 2.86. The number of hydrogen-bond donors (Lipinski definition) is 1. The molecule has 126 valence electrons. The van der Waals surface area contributed by atoms with E-state index in [2.05, 4.69) is 10.3 Å². The highest BCUT2D eigenvalue weighted by Gasteiger charge is 2.18. The van der Waals surface area contributed by atoms with E-state index in [1.54, 1.807) is 12.3 Å². The van der Waals surface area contributed by atoms with Gasteiger partial charge in [-0.1, -0.05) is 0 Å². The molecule has 1 amide bonds. The van der Waals surface area contributed by atoms with Gasteiger partial charge in [0.2, 0.25) is 0 Å². The summed E-state index contributed by atoms with van der Waals surface area (Å²) in [5.74, 6) is 1.21. The van der Waals surface area contributed by atoms with E-state index in [4.69, 9.17) is 9.47 Å². The summed E-state index contributed by atoms with van der Waals surface area (Å²) in [6.07, 6.45) is 4.77. The molecule has 0 radical (unpaired) electrons. The predicted octanol–water partition coefficient (Wildman–Crippen LogP) is 2.27. The van der Waals surface area contributed by atoms with Crippen LogP contribution in [0, 0.1) is 0 Å². The van der Waals surface area contributed by atoms with Crippen LogP contribution in [0.4, 0.5) is 5.82 Å². The predicted molar refractivity (Wildman–Crippen MR) is 87.5 cm³/mol. The molecule has 2 heterocycles. The lowest BCUT2D eigenvalue weighted by Gasteiger charge is -2.16. The first-order chi connectivity index (χ1) is 11.6. The quantitative estimate of drug-likeness (QED) is 0.870. The molecule has 0 saturated heterocycles. The topological polar surface area (TPSA) is 82.4 Å². The molecule has 1 N–H and O–H groups in total. The zero-order valence-electron chi connectivity index (χ0n) is 13.7. The van der Waals surface area contributed by atoms with Crippen LogP contribution < -0.4 is 10.1 Å². The van der Waals surface area contributed by atoms with E-state index in [0.717, 1.165) is 31.6 Å². The maximum absolute atomic E-state index is 12.6. The highest BCUT2D eigenvalue weighted by atomic mass is 16.5. The van der Waals surface area contributed by atoms with Crippen LogP contribution in [-0.4, -0.2) is 35.6 Å². The largest absolute Gasteiger partial charge is 0.497 e. The molecule has 1 aromatic carbocycles. The van der Waals surface area contributed by atoms with Gasteiger partial charge in [-0.3, -0.25) is 4.79 Å². The Morgan fingerprint density at radius 1 is 1.17 bits per heavy atom. The summed E-state index contributed by atoms with van der Waals surface area (Å²) in [6, 6.07) is 4.59. The molecular formula is C17H19N3O4. The fourth-order valence-corrected chi connectivity index (χ4v) is 2.79. The number of aromatic nitrogens is 2. The number of hydrogen-bond acceptors (Lipinski definition) is 5. The van der Waals surface area contributed by atoms with E-state index >= 15 is 0 Å². The molecule has 1 aliphatic heterocycles. The molecule has 0 saturated carbocycles. The second-order valence-electron chi connectivity index (χ2n) is 5.56. The number of anilines is 1. The van der Waals surface area contributed by atoms with E-state index in [1.165, 1.54) is 26.4 Å². The SMILES string of the molecule is COC(=O)c1cc(OC)cc(C(=O)Nc2cnc3n2CCCC3)c1. The van der Waals surface area contributed by atoms with Crippen molar-refractivity contribution in [1.29, 1.82) is 0 Å². The Hall–Kier alpha value is -2.83. The second-order valence-corrected chi connectivity index (χ2v) is 5.56. The van der Waals surface area contributed by atoms with Crippen molar-refractivity contribution in [2.24, 2.45) is 0 Å². The van der Waals surface area contributed by atoms with Crippen LogP contribution in [0.5, 0.6) is 5.75 Å². The van der Waals surface area contributed by atoms with Gasteiger partial charge in [-0.05, 0) is 31.0 Å². The molecule has 0 unspecified atom stereocenters. The Balaban J connectivity index is 1.87. The maximum Gasteiger partial charge on any atom is 0.338 e. The number of rotatable bonds is 4. The molecule has 3 rings (SSSR count). The Kier molecular flexibility index (Phi) is 4.50. The van der Waals surface area contributed by atoms with Crippen molar-refractivity contribution in [2.45, 2.75) is 25.8 Å². The lowest BCUT2D eigenvalue weighted by atomic mass is 10.1. The van der Waals surface area contributed by atoms with Crippen LogP contribution >= 0.6 is 0 Å². The summed E-state index contributed by atoms with van der Waals surface area (Å²) in [6.45, 7) is 0.844. The van der Waals surface area contributed by atoms with Crippen molar-refractivity contribution >= 4 is 17.7 Å². The van der Waals surface area contributed by atoms with E-state index in [9.17, 15) is 9.59 Å². The van der Waals surface area contributed by atoms with Gasteiger partial charge in [0.1, 0.15) is 17.4 Å². The number of carbonyl (C=O) groups is 2. The van der Waals surface area contributed by atoms with Crippen LogP contribution in [-0.2, 0) is 17.7 Å². The van der Waals surface area contributed by atoms with Crippen molar-refractivity contribution in [3.05, 3.63) is 41.3 Å². The molecule has 1 aromatic heterocycles. The normalized spacial score (nSPS) is 13.1. The van der Waals surface area contributed by atoms with Crippen LogP contribution in [0.2, 0.25) is 0 Å². The first-order valence-electron chi connectivity index (χ1n) is 7.75. The van der Waals surface area contributed by atoms with Gasteiger partial charge in [0.05, 0.1) is 26.0 Å². The van der Waals surface area contributed by atoms with Crippen LogP contribution in [0.1, 0.15) is 39.4 Å². The molecule has 0 aliphatic carbocycles. The third kappa shape index (κ3) is 3.10. The van der Waals surface area contributed by atoms with E-state index in [-0.39, 0.29) is 11.5 Å². The van der Waals surface area contributed by atoms with Gasteiger partial charge in [-0.2, -0.15) is 0 Å². The van der Waals surface area contributed by atoms with Gasteiger partial charge in [0.25, 0.3) is 5.91 Å². The van der Waals surface area contributed by atoms with Gasteiger partial charge in [-0.25, -0.2) is 9.78 Å². The zero-order chi connectivity index (χ0) is 17.1.